The highest BCUT2D eigenvalue weighted by atomic mass is 19.1. The van der Waals surface area contributed by atoms with E-state index >= 15 is 0 Å². The summed E-state index contributed by atoms with van der Waals surface area (Å²) in [6.45, 7) is 2.38. The van der Waals surface area contributed by atoms with Crippen molar-refractivity contribution in [1.82, 2.24) is 0 Å². The summed E-state index contributed by atoms with van der Waals surface area (Å²) in [5.74, 6) is 0.482. The first-order valence-corrected chi connectivity index (χ1v) is 5.42. The molecule has 0 bridgehead atoms. The van der Waals surface area contributed by atoms with E-state index in [0.717, 1.165) is 11.1 Å². The molecule has 0 fully saturated rings. The molecule has 88 valence electrons. The summed E-state index contributed by atoms with van der Waals surface area (Å²) in [5.41, 5.74) is 7.47. The van der Waals surface area contributed by atoms with Gasteiger partial charge in [-0.3, -0.25) is 0 Å². The largest absolute Gasteiger partial charge is 0.454 e. The lowest BCUT2D eigenvalue weighted by Gasteiger charge is -2.08. The van der Waals surface area contributed by atoms with Crippen LogP contribution in [-0.4, -0.2) is 0 Å². The number of rotatable bonds is 3. The van der Waals surface area contributed by atoms with Gasteiger partial charge in [-0.05, 0) is 42.3 Å². The number of halogens is 1. The molecule has 2 aromatic rings. The van der Waals surface area contributed by atoms with Crippen molar-refractivity contribution in [2.45, 2.75) is 13.5 Å². The third-order valence-corrected chi connectivity index (χ3v) is 2.47. The van der Waals surface area contributed by atoms with Gasteiger partial charge in [0, 0.05) is 6.54 Å². The maximum atomic E-state index is 13.5. The second-order valence-electron chi connectivity index (χ2n) is 3.88. The topological polar surface area (TPSA) is 35.2 Å². The minimum Gasteiger partial charge on any atom is -0.454 e. The summed E-state index contributed by atoms with van der Waals surface area (Å²) in [6, 6.07) is 12.1. The molecular formula is C14H14FNO. The molecule has 2 rings (SSSR count). The molecule has 0 atom stereocenters. The van der Waals surface area contributed by atoms with Gasteiger partial charge >= 0.3 is 0 Å². The second-order valence-corrected chi connectivity index (χ2v) is 3.88. The first-order chi connectivity index (χ1) is 8.19. The molecule has 17 heavy (non-hydrogen) atoms. The molecule has 0 aliphatic rings. The molecule has 0 saturated carbocycles. The Morgan fingerprint density at radius 2 is 1.82 bits per heavy atom. The van der Waals surface area contributed by atoms with Crippen molar-refractivity contribution in [2.24, 2.45) is 5.73 Å². The second kappa shape index (κ2) is 4.97. The lowest BCUT2D eigenvalue weighted by molar-refractivity contribution is 0.441. The molecule has 2 nitrogen and oxygen atoms in total. The monoisotopic (exact) mass is 231 g/mol. The predicted octanol–water partition coefficient (Wildman–Crippen LogP) is 3.39. The molecule has 0 heterocycles. The molecule has 2 aromatic carbocycles. The number of nitrogens with two attached hydrogens (primary N) is 1. The highest BCUT2D eigenvalue weighted by molar-refractivity contribution is 5.35. The van der Waals surface area contributed by atoms with Crippen LogP contribution in [0.15, 0.2) is 42.5 Å². The Hall–Kier alpha value is -1.87. The predicted molar refractivity (Wildman–Crippen MR) is 65.5 cm³/mol. The van der Waals surface area contributed by atoms with E-state index < -0.39 is 0 Å². The molecule has 0 aliphatic carbocycles. The van der Waals surface area contributed by atoms with Crippen molar-refractivity contribution in [1.29, 1.82) is 0 Å². The van der Waals surface area contributed by atoms with Crippen molar-refractivity contribution < 1.29 is 9.13 Å². The van der Waals surface area contributed by atoms with Gasteiger partial charge in [0.05, 0.1) is 0 Å². The average Bonchev–Trinajstić information content (AvgIpc) is 2.35. The van der Waals surface area contributed by atoms with E-state index in [9.17, 15) is 4.39 Å². The van der Waals surface area contributed by atoms with Crippen molar-refractivity contribution >= 4 is 0 Å². The average molecular weight is 231 g/mol. The van der Waals surface area contributed by atoms with E-state index in [0.29, 0.717) is 12.3 Å². The third kappa shape index (κ3) is 2.82. The van der Waals surface area contributed by atoms with Crippen LogP contribution in [0.5, 0.6) is 11.5 Å². The summed E-state index contributed by atoms with van der Waals surface area (Å²) in [7, 11) is 0. The first kappa shape index (κ1) is 11.6. The highest BCUT2D eigenvalue weighted by Gasteiger charge is 2.04. The van der Waals surface area contributed by atoms with E-state index in [1.54, 1.807) is 24.3 Å². The Balaban J connectivity index is 2.22. The summed E-state index contributed by atoms with van der Waals surface area (Å²) in [6.07, 6.45) is 0. The van der Waals surface area contributed by atoms with Crippen LogP contribution in [-0.2, 0) is 6.54 Å². The van der Waals surface area contributed by atoms with Crippen LogP contribution in [0.1, 0.15) is 11.1 Å². The van der Waals surface area contributed by atoms with Gasteiger partial charge < -0.3 is 10.5 Å². The Kier molecular flexibility index (Phi) is 3.40. The molecule has 2 N–H and O–H groups in total. The third-order valence-electron chi connectivity index (χ3n) is 2.47. The van der Waals surface area contributed by atoms with Gasteiger partial charge in [0.15, 0.2) is 11.6 Å². The summed E-state index contributed by atoms with van der Waals surface area (Å²) >= 11 is 0. The number of aryl methyl sites for hydroxylation is 1. The van der Waals surface area contributed by atoms with Crippen molar-refractivity contribution in [3.05, 3.63) is 59.4 Å². The molecule has 0 aliphatic heterocycles. The molecule has 0 saturated heterocycles. The highest BCUT2D eigenvalue weighted by Crippen LogP contribution is 2.25. The number of benzene rings is 2. The number of hydrogen-bond acceptors (Lipinski definition) is 2. The fourth-order valence-electron chi connectivity index (χ4n) is 1.51. The lowest BCUT2D eigenvalue weighted by atomic mass is 10.2. The minimum absolute atomic E-state index is 0.241. The molecule has 0 amide bonds. The molecule has 3 heteroatoms. The SMILES string of the molecule is Cc1ccc(F)c(Oc2ccc(CN)cc2)c1. The van der Waals surface area contributed by atoms with Crippen LogP contribution in [0, 0.1) is 12.7 Å². The molecule has 0 aromatic heterocycles. The normalized spacial score (nSPS) is 10.3. The quantitative estimate of drug-likeness (QED) is 0.878. The Bertz CT molecular complexity index is 508. The van der Waals surface area contributed by atoms with Crippen molar-refractivity contribution in [3.8, 4) is 11.5 Å². The van der Waals surface area contributed by atoms with Crippen molar-refractivity contribution in [3.63, 3.8) is 0 Å². The maximum Gasteiger partial charge on any atom is 0.165 e. The van der Waals surface area contributed by atoms with E-state index in [1.165, 1.54) is 6.07 Å². The minimum atomic E-state index is -0.362. The Labute approximate surface area is 99.8 Å². The smallest absolute Gasteiger partial charge is 0.165 e. The number of ether oxygens (including phenoxy) is 1. The zero-order valence-corrected chi connectivity index (χ0v) is 9.61. The molecule has 0 radical (unpaired) electrons. The molecule has 0 spiro atoms. The van der Waals surface area contributed by atoms with Gasteiger partial charge in [0.2, 0.25) is 0 Å². The lowest BCUT2D eigenvalue weighted by Crippen LogP contribution is -1.95. The van der Waals surface area contributed by atoms with Crippen LogP contribution in [0.25, 0.3) is 0 Å². The summed E-state index contributed by atoms with van der Waals surface area (Å²) in [4.78, 5) is 0. The van der Waals surface area contributed by atoms with Crippen LogP contribution in [0.2, 0.25) is 0 Å². The van der Waals surface area contributed by atoms with E-state index in [2.05, 4.69) is 0 Å². The van der Waals surface area contributed by atoms with Gasteiger partial charge in [0.1, 0.15) is 5.75 Å². The van der Waals surface area contributed by atoms with E-state index in [1.807, 2.05) is 19.1 Å². The summed E-state index contributed by atoms with van der Waals surface area (Å²) < 4.78 is 18.9. The summed E-state index contributed by atoms with van der Waals surface area (Å²) in [5, 5.41) is 0. The zero-order valence-electron chi connectivity index (χ0n) is 9.61. The fourth-order valence-corrected chi connectivity index (χ4v) is 1.51. The molecular weight excluding hydrogens is 217 g/mol. The van der Waals surface area contributed by atoms with Gasteiger partial charge in [-0.15, -0.1) is 0 Å². The van der Waals surface area contributed by atoms with Gasteiger partial charge in [0.25, 0.3) is 0 Å². The van der Waals surface area contributed by atoms with Gasteiger partial charge in [-0.25, -0.2) is 4.39 Å². The van der Waals surface area contributed by atoms with E-state index in [-0.39, 0.29) is 11.6 Å². The van der Waals surface area contributed by atoms with Gasteiger partial charge in [-0.2, -0.15) is 0 Å². The molecule has 0 unspecified atom stereocenters. The standard InChI is InChI=1S/C14H14FNO/c1-10-2-7-13(15)14(8-10)17-12-5-3-11(9-16)4-6-12/h2-8H,9,16H2,1H3. The Morgan fingerprint density at radius 3 is 2.47 bits per heavy atom. The van der Waals surface area contributed by atoms with Crippen molar-refractivity contribution in [2.75, 3.05) is 0 Å². The van der Waals surface area contributed by atoms with Crippen LogP contribution in [0.3, 0.4) is 0 Å². The zero-order chi connectivity index (χ0) is 12.3. The first-order valence-electron chi connectivity index (χ1n) is 5.42. The van der Waals surface area contributed by atoms with Crippen LogP contribution >= 0.6 is 0 Å². The fraction of sp³-hybridized carbons (Fsp3) is 0.143. The van der Waals surface area contributed by atoms with E-state index in [4.69, 9.17) is 10.5 Å². The van der Waals surface area contributed by atoms with Crippen LogP contribution in [0.4, 0.5) is 4.39 Å². The Morgan fingerprint density at radius 1 is 1.12 bits per heavy atom. The number of hydrogen-bond donors (Lipinski definition) is 1. The maximum absolute atomic E-state index is 13.5. The van der Waals surface area contributed by atoms with Crippen LogP contribution < -0.4 is 10.5 Å². The van der Waals surface area contributed by atoms with Gasteiger partial charge in [-0.1, -0.05) is 18.2 Å².